The standard InChI is InChI=1S/C14H20N2/c1-7-13-12(6)16-11(5)9(3)8(2)10(4)14(16)15-13/h7H2,1-6H3. The second kappa shape index (κ2) is 3.62. The van der Waals surface area contributed by atoms with E-state index in [0.717, 1.165) is 12.1 Å². The molecule has 0 aliphatic heterocycles. The molecule has 0 aliphatic rings. The largest absolute Gasteiger partial charge is 0.301 e. The van der Waals surface area contributed by atoms with E-state index in [1.807, 2.05) is 0 Å². The van der Waals surface area contributed by atoms with Crippen molar-refractivity contribution in [3.05, 3.63) is 33.8 Å². The summed E-state index contributed by atoms with van der Waals surface area (Å²) in [4.78, 5) is 4.76. The number of rotatable bonds is 1. The third kappa shape index (κ3) is 1.29. The molecule has 0 unspecified atom stereocenters. The number of nitrogens with zero attached hydrogens (tertiary/aromatic N) is 2. The summed E-state index contributed by atoms with van der Waals surface area (Å²) < 4.78 is 2.30. The molecule has 0 fully saturated rings. The molecule has 0 radical (unpaired) electrons. The van der Waals surface area contributed by atoms with Gasteiger partial charge >= 0.3 is 0 Å². The molecular weight excluding hydrogens is 196 g/mol. The number of fused-ring (bicyclic) bond motifs is 1. The lowest BCUT2D eigenvalue weighted by molar-refractivity contribution is 0.973. The average molecular weight is 216 g/mol. The molecule has 0 bridgehead atoms. The lowest BCUT2D eigenvalue weighted by Gasteiger charge is -2.12. The summed E-state index contributed by atoms with van der Waals surface area (Å²) >= 11 is 0. The van der Waals surface area contributed by atoms with Gasteiger partial charge in [0.2, 0.25) is 0 Å². The van der Waals surface area contributed by atoms with Gasteiger partial charge in [0.1, 0.15) is 5.65 Å². The molecule has 0 atom stereocenters. The van der Waals surface area contributed by atoms with Crippen LogP contribution in [0.15, 0.2) is 0 Å². The van der Waals surface area contributed by atoms with Crippen LogP contribution in [0.2, 0.25) is 0 Å². The van der Waals surface area contributed by atoms with Gasteiger partial charge in [-0.1, -0.05) is 6.92 Å². The van der Waals surface area contributed by atoms with Gasteiger partial charge in [-0.05, 0) is 57.7 Å². The predicted molar refractivity (Wildman–Crippen MR) is 68.3 cm³/mol. The molecule has 2 heteroatoms. The van der Waals surface area contributed by atoms with Crippen molar-refractivity contribution in [2.24, 2.45) is 0 Å². The number of hydrogen-bond acceptors (Lipinski definition) is 1. The third-order valence-electron chi connectivity index (χ3n) is 3.88. The first kappa shape index (κ1) is 11.2. The summed E-state index contributed by atoms with van der Waals surface area (Å²) in [5, 5.41) is 0. The number of hydrogen-bond donors (Lipinski definition) is 0. The number of imidazole rings is 1. The van der Waals surface area contributed by atoms with Crippen molar-refractivity contribution in [2.45, 2.75) is 48.0 Å². The minimum absolute atomic E-state index is 1.00. The Kier molecular flexibility index (Phi) is 2.53. The summed E-state index contributed by atoms with van der Waals surface area (Å²) in [5.41, 5.74) is 9.03. The molecule has 0 aromatic carbocycles. The van der Waals surface area contributed by atoms with E-state index in [1.165, 1.54) is 33.8 Å². The van der Waals surface area contributed by atoms with Gasteiger partial charge in [0.25, 0.3) is 0 Å². The van der Waals surface area contributed by atoms with E-state index in [1.54, 1.807) is 0 Å². The second-order valence-electron chi connectivity index (χ2n) is 4.62. The van der Waals surface area contributed by atoms with E-state index in [4.69, 9.17) is 4.98 Å². The van der Waals surface area contributed by atoms with E-state index >= 15 is 0 Å². The maximum absolute atomic E-state index is 4.76. The van der Waals surface area contributed by atoms with Crippen molar-refractivity contribution in [1.82, 2.24) is 9.38 Å². The Hall–Kier alpha value is -1.31. The highest BCUT2D eigenvalue weighted by Crippen LogP contribution is 2.24. The number of aromatic nitrogens is 2. The van der Waals surface area contributed by atoms with Gasteiger partial charge in [-0.3, -0.25) is 0 Å². The molecule has 2 aromatic heterocycles. The highest BCUT2D eigenvalue weighted by Gasteiger charge is 2.14. The van der Waals surface area contributed by atoms with Gasteiger partial charge in [0, 0.05) is 11.4 Å². The predicted octanol–water partition coefficient (Wildman–Crippen LogP) is 3.44. The Morgan fingerprint density at radius 1 is 0.875 bits per heavy atom. The fourth-order valence-electron chi connectivity index (χ4n) is 2.43. The lowest BCUT2D eigenvalue weighted by Crippen LogP contribution is -2.02. The first-order chi connectivity index (χ1) is 7.49. The summed E-state index contributed by atoms with van der Waals surface area (Å²) in [7, 11) is 0. The van der Waals surface area contributed by atoms with Crippen molar-refractivity contribution in [3.8, 4) is 0 Å². The molecule has 2 rings (SSSR count). The number of pyridine rings is 1. The van der Waals surface area contributed by atoms with E-state index < -0.39 is 0 Å². The zero-order valence-corrected chi connectivity index (χ0v) is 11.1. The van der Waals surface area contributed by atoms with Gasteiger partial charge in [-0.25, -0.2) is 4.98 Å². The van der Waals surface area contributed by atoms with Crippen molar-refractivity contribution < 1.29 is 0 Å². The zero-order chi connectivity index (χ0) is 12.0. The van der Waals surface area contributed by atoms with Crippen LogP contribution in [0, 0.1) is 34.6 Å². The van der Waals surface area contributed by atoms with Crippen LogP contribution in [0.4, 0.5) is 0 Å². The van der Waals surface area contributed by atoms with Crippen molar-refractivity contribution in [2.75, 3.05) is 0 Å². The Labute approximate surface area is 97.3 Å². The van der Waals surface area contributed by atoms with Crippen LogP contribution in [-0.2, 0) is 6.42 Å². The molecule has 2 aromatic rings. The van der Waals surface area contributed by atoms with Gasteiger partial charge in [0.05, 0.1) is 5.69 Å². The highest BCUT2D eigenvalue weighted by atomic mass is 15.0. The van der Waals surface area contributed by atoms with Gasteiger partial charge in [-0.2, -0.15) is 0 Å². The average Bonchev–Trinajstić information content (AvgIpc) is 2.61. The monoisotopic (exact) mass is 216 g/mol. The molecule has 0 aliphatic carbocycles. The molecule has 2 heterocycles. The summed E-state index contributed by atoms with van der Waals surface area (Å²) in [6.07, 6.45) is 1.00. The van der Waals surface area contributed by atoms with E-state index in [2.05, 4.69) is 45.9 Å². The molecule has 0 spiro atoms. The Balaban J connectivity index is 3.00. The zero-order valence-electron chi connectivity index (χ0n) is 11.1. The van der Waals surface area contributed by atoms with Gasteiger partial charge in [0.15, 0.2) is 0 Å². The quantitative estimate of drug-likeness (QED) is 0.713. The van der Waals surface area contributed by atoms with Gasteiger partial charge in [-0.15, -0.1) is 0 Å². The lowest BCUT2D eigenvalue weighted by atomic mass is 10.0. The van der Waals surface area contributed by atoms with Crippen LogP contribution in [0.3, 0.4) is 0 Å². The van der Waals surface area contributed by atoms with Crippen LogP contribution >= 0.6 is 0 Å². The molecule has 0 saturated heterocycles. The van der Waals surface area contributed by atoms with Crippen LogP contribution in [0.25, 0.3) is 5.65 Å². The molecule has 86 valence electrons. The third-order valence-corrected chi connectivity index (χ3v) is 3.88. The fraction of sp³-hybridized carbons (Fsp3) is 0.500. The normalized spacial score (nSPS) is 11.4. The van der Waals surface area contributed by atoms with E-state index in [0.29, 0.717) is 0 Å². The van der Waals surface area contributed by atoms with Crippen LogP contribution < -0.4 is 0 Å². The second-order valence-corrected chi connectivity index (χ2v) is 4.62. The molecule has 0 saturated carbocycles. The van der Waals surface area contributed by atoms with Crippen molar-refractivity contribution in [1.29, 1.82) is 0 Å². The molecule has 0 amide bonds. The fourth-order valence-corrected chi connectivity index (χ4v) is 2.43. The summed E-state index contributed by atoms with van der Waals surface area (Å²) in [6, 6.07) is 0. The minimum Gasteiger partial charge on any atom is -0.301 e. The smallest absolute Gasteiger partial charge is 0.140 e. The summed E-state index contributed by atoms with van der Waals surface area (Å²) in [5.74, 6) is 0. The van der Waals surface area contributed by atoms with Crippen LogP contribution in [-0.4, -0.2) is 9.38 Å². The maximum Gasteiger partial charge on any atom is 0.140 e. The van der Waals surface area contributed by atoms with Crippen LogP contribution in [0.1, 0.15) is 40.7 Å². The minimum atomic E-state index is 1.00. The van der Waals surface area contributed by atoms with E-state index in [-0.39, 0.29) is 0 Å². The first-order valence-electron chi connectivity index (χ1n) is 5.93. The Morgan fingerprint density at radius 3 is 2.06 bits per heavy atom. The van der Waals surface area contributed by atoms with Gasteiger partial charge < -0.3 is 4.40 Å². The SMILES string of the molecule is CCc1nc2c(C)c(C)c(C)c(C)n2c1C. The van der Waals surface area contributed by atoms with Crippen LogP contribution in [0.5, 0.6) is 0 Å². The molecule has 0 N–H and O–H groups in total. The maximum atomic E-state index is 4.76. The molecule has 16 heavy (non-hydrogen) atoms. The highest BCUT2D eigenvalue weighted by molar-refractivity contribution is 5.57. The van der Waals surface area contributed by atoms with E-state index in [9.17, 15) is 0 Å². The summed E-state index contributed by atoms with van der Waals surface area (Å²) in [6.45, 7) is 13.1. The number of aryl methyl sites for hydroxylation is 4. The topological polar surface area (TPSA) is 17.3 Å². The molecular formula is C14H20N2. The Bertz CT molecular complexity index is 562. The molecule has 2 nitrogen and oxygen atoms in total. The first-order valence-corrected chi connectivity index (χ1v) is 5.93. The van der Waals surface area contributed by atoms with Crippen molar-refractivity contribution >= 4 is 5.65 Å². The van der Waals surface area contributed by atoms with Crippen molar-refractivity contribution in [3.63, 3.8) is 0 Å². The Morgan fingerprint density at radius 2 is 1.50 bits per heavy atom.